The summed E-state index contributed by atoms with van der Waals surface area (Å²) >= 11 is 1.27. The first-order valence-corrected chi connectivity index (χ1v) is 13.0. The number of carbonyl (C=O) groups is 2. The number of hydrogen-bond donors (Lipinski definition) is 3. The Bertz CT molecular complexity index is 1670. The SMILES string of the molecule is C[C@@]1(Cc2nc(CCC(=O)O)cs2)C(=O)Nc2nc(-c3nn(CCC(F)(F)C(F)(F)F)c4ncccc34)nc(N)c21. The van der Waals surface area contributed by atoms with Crippen molar-refractivity contribution in [2.24, 2.45) is 0 Å². The second-order valence-electron chi connectivity index (χ2n) is 9.64. The van der Waals surface area contributed by atoms with E-state index >= 15 is 0 Å². The lowest BCUT2D eigenvalue weighted by Gasteiger charge is -2.21. The minimum absolute atomic E-state index is 0.0313. The summed E-state index contributed by atoms with van der Waals surface area (Å²) in [6.07, 6.45) is -5.65. The van der Waals surface area contributed by atoms with Crippen molar-refractivity contribution < 1.29 is 36.6 Å². The molecule has 0 bridgehead atoms. The van der Waals surface area contributed by atoms with Crippen LogP contribution in [0.2, 0.25) is 0 Å². The molecule has 1 aliphatic rings. The number of carboxylic acid groups (broad SMARTS) is 1. The second kappa shape index (κ2) is 9.97. The number of nitrogen functional groups attached to an aromatic ring is 1. The zero-order chi connectivity index (χ0) is 29.7. The molecule has 4 aromatic heterocycles. The predicted molar refractivity (Wildman–Crippen MR) is 136 cm³/mol. The fraction of sp³-hybridized carbons (Fsp3) is 0.375. The Morgan fingerprint density at radius 1 is 1.22 bits per heavy atom. The van der Waals surface area contributed by atoms with E-state index in [1.54, 1.807) is 12.3 Å². The topological polar surface area (TPSA) is 162 Å². The van der Waals surface area contributed by atoms with Crippen LogP contribution in [-0.2, 0) is 34.4 Å². The molecule has 0 spiro atoms. The summed E-state index contributed by atoms with van der Waals surface area (Å²) in [4.78, 5) is 41.2. The third-order valence-corrected chi connectivity index (χ3v) is 7.59. The summed E-state index contributed by atoms with van der Waals surface area (Å²) in [5, 5.41) is 18.3. The van der Waals surface area contributed by atoms with Crippen LogP contribution in [0.3, 0.4) is 0 Å². The van der Waals surface area contributed by atoms with E-state index in [0.717, 1.165) is 4.68 Å². The van der Waals surface area contributed by atoms with Crippen LogP contribution in [0.4, 0.5) is 33.6 Å². The van der Waals surface area contributed by atoms with Gasteiger partial charge in [-0.2, -0.15) is 27.1 Å². The van der Waals surface area contributed by atoms with Crippen molar-refractivity contribution in [2.75, 3.05) is 11.1 Å². The first-order valence-electron chi connectivity index (χ1n) is 12.1. The predicted octanol–water partition coefficient (Wildman–Crippen LogP) is 3.98. The normalized spacial score (nSPS) is 17.2. The fourth-order valence-electron chi connectivity index (χ4n) is 4.55. The number of aromatic nitrogens is 6. The van der Waals surface area contributed by atoms with Crippen LogP contribution in [0, 0.1) is 0 Å². The van der Waals surface area contributed by atoms with Crippen molar-refractivity contribution in [3.8, 4) is 11.5 Å². The van der Waals surface area contributed by atoms with Gasteiger partial charge in [0.05, 0.1) is 33.5 Å². The number of fused-ring (bicyclic) bond motifs is 2. The van der Waals surface area contributed by atoms with Crippen molar-refractivity contribution >= 4 is 45.9 Å². The molecule has 1 amide bonds. The highest BCUT2D eigenvalue weighted by atomic mass is 32.1. The minimum Gasteiger partial charge on any atom is -0.481 e. The molecule has 1 aliphatic heterocycles. The Morgan fingerprint density at radius 2 is 1.98 bits per heavy atom. The third-order valence-electron chi connectivity index (χ3n) is 6.69. The molecule has 0 aliphatic carbocycles. The van der Waals surface area contributed by atoms with Crippen LogP contribution < -0.4 is 11.1 Å². The molecule has 4 N–H and O–H groups in total. The number of rotatable bonds is 9. The number of hydrogen-bond acceptors (Lipinski definition) is 9. The van der Waals surface area contributed by atoms with Gasteiger partial charge in [0.1, 0.15) is 17.3 Å². The maximum Gasteiger partial charge on any atom is 0.453 e. The zero-order valence-electron chi connectivity index (χ0n) is 21.2. The summed E-state index contributed by atoms with van der Waals surface area (Å²) < 4.78 is 66.2. The summed E-state index contributed by atoms with van der Waals surface area (Å²) in [5.41, 5.74) is 6.05. The Balaban J connectivity index is 1.47. The van der Waals surface area contributed by atoms with Crippen LogP contribution in [0.5, 0.6) is 0 Å². The van der Waals surface area contributed by atoms with Crippen LogP contribution >= 0.6 is 11.3 Å². The Hall–Kier alpha value is -4.28. The van der Waals surface area contributed by atoms with Gasteiger partial charge in [-0.15, -0.1) is 11.3 Å². The largest absolute Gasteiger partial charge is 0.481 e. The van der Waals surface area contributed by atoms with Gasteiger partial charge in [0.15, 0.2) is 11.5 Å². The second-order valence-corrected chi connectivity index (χ2v) is 10.6. The van der Waals surface area contributed by atoms with Crippen molar-refractivity contribution in [1.29, 1.82) is 0 Å². The number of amides is 1. The lowest BCUT2D eigenvalue weighted by molar-refractivity contribution is -0.285. The van der Waals surface area contributed by atoms with E-state index in [2.05, 4.69) is 30.4 Å². The number of nitrogens with zero attached hydrogens (tertiary/aromatic N) is 6. The first kappa shape index (κ1) is 28.3. The number of thiazole rings is 1. The number of pyridine rings is 1. The van der Waals surface area contributed by atoms with Crippen molar-refractivity contribution in [2.45, 2.75) is 56.7 Å². The third kappa shape index (κ3) is 5.16. The number of anilines is 2. The minimum atomic E-state index is -5.71. The molecule has 1 atom stereocenters. The molecule has 5 heterocycles. The molecule has 11 nitrogen and oxygen atoms in total. The molecule has 0 aromatic carbocycles. The van der Waals surface area contributed by atoms with Gasteiger partial charge in [-0.05, 0) is 19.1 Å². The Morgan fingerprint density at radius 3 is 2.68 bits per heavy atom. The lowest BCUT2D eigenvalue weighted by Crippen LogP contribution is -2.37. The van der Waals surface area contributed by atoms with Crippen LogP contribution in [0.1, 0.15) is 36.0 Å². The number of aliphatic carboxylic acids is 1. The van der Waals surface area contributed by atoms with E-state index in [4.69, 9.17) is 10.8 Å². The van der Waals surface area contributed by atoms with Crippen molar-refractivity contribution in [1.82, 2.24) is 29.7 Å². The maximum atomic E-state index is 13.6. The van der Waals surface area contributed by atoms with Gasteiger partial charge in [0.2, 0.25) is 5.91 Å². The molecular weight excluding hydrogens is 575 g/mol. The molecule has 17 heteroatoms. The summed E-state index contributed by atoms with van der Waals surface area (Å²) in [5.74, 6) is -6.38. The monoisotopic (exact) mass is 596 g/mol. The lowest BCUT2D eigenvalue weighted by atomic mass is 9.81. The molecule has 41 heavy (non-hydrogen) atoms. The molecule has 0 fully saturated rings. The number of carboxylic acids is 1. The van der Waals surface area contributed by atoms with E-state index < -0.39 is 42.4 Å². The first-order chi connectivity index (χ1) is 19.2. The maximum absolute atomic E-state index is 13.6. The van der Waals surface area contributed by atoms with Gasteiger partial charge in [0, 0.05) is 37.4 Å². The summed E-state index contributed by atoms with van der Waals surface area (Å²) in [7, 11) is 0. The molecule has 0 unspecified atom stereocenters. The van der Waals surface area contributed by atoms with E-state index in [1.807, 2.05) is 0 Å². The molecule has 4 aromatic rings. The number of aryl methyl sites for hydroxylation is 2. The Kier molecular flexibility index (Phi) is 6.87. The molecule has 0 saturated heterocycles. The van der Waals surface area contributed by atoms with Gasteiger partial charge >= 0.3 is 18.1 Å². The number of nitrogens with one attached hydrogen (secondary N) is 1. The van der Waals surface area contributed by atoms with Crippen LogP contribution in [-0.4, -0.2) is 58.8 Å². The van der Waals surface area contributed by atoms with Crippen molar-refractivity contribution in [3.05, 3.63) is 40.0 Å². The van der Waals surface area contributed by atoms with E-state index in [-0.39, 0.29) is 53.4 Å². The molecule has 0 saturated carbocycles. The average molecular weight is 597 g/mol. The number of carbonyl (C=O) groups excluding carboxylic acids is 1. The Labute approximate surface area is 231 Å². The quantitative estimate of drug-likeness (QED) is 0.243. The standard InChI is InChI=1S/C24H21F5N8O3S/c1-22(9-13-32-11(10-41-13)4-5-14(38)39)15-17(30)33-19(34-18(15)35-21(22)40)16-12-3-2-7-31-20(12)37(36-16)8-6-23(25,26)24(27,28)29/h2-3,7,10H,4-6,8-9H2,1H3,(H,38,39)(H3,30,33,34,35,40)/t22-/m0/s1. The molecule has 0 radical (unpaired) electrons. The smallest absolute Gasteiger partial charge is 0.453 e. The van der Waals surface area contributed by atoms with Crippen molar-refractivity contribution in [3.63, 3.8) is 0 Å². The number of alkyl halides is 5. The van der Waals surface area contributed by atoms with E-state index in [1.165, 1.54) is 29.7 Å². The molecular formula is C24H21F5N8O3S. The van der Waals surface area contributed by atoms with Crippen LogP contribution in [0.15, 0.2) is 23.7 Å². The zero-order valence-corrected chi connectivity index (χ0v) is 22.0. The molecule has 5 rings (SSSR count). The van der Waals surface area contributed by atoms with E-state index in [0.29, 0.717) is 16.3 Å². The average Bonchev–Trinajstić information content (AvgIpc) is 3.55. The van der Waals surface area contributed by atoms with E-state index in [9.17, 15) is 31.5 Å². The van der Waals surface area contributed by atoms with Gasteiger partial charge in [-0.1, -0.05) is 0 Å². The van der Waals surface area contributed by atoms with Crippen LogP contribution in [0.25, 0.3) is 22.6 Å². The highest BCUT2D eigenvalue weighted by molar-refractivity contribution is 7.09. The van der Waals surface area contributed by atoms with Gasteiger partial charge in [-0.25, -0.2) is 24.6 Å². The summed E-state index contributed by atoms with van der Waals surface area (Å²) in [6.45, 7) is 0.846. The van der Waals surface area contributed by atoms with Gasteiger partial charge in [0.25, 0.3) is 0 Å². The van der Waals surface area contributed by atoms with Gasteiger partial charge in [-0.3, -0.25) is 9.59 Å². The highest BCUT2D eigenvalue weighted by Crippen LogP contribution is 2.44. The molecule has 216 valence electrons. The number of nitrogens with two attached hydrogens (primary N) is 1. The number of halogens is 5. The summed E-state index contributed by atoms with van der Waals surface area (Å²) in [6, 6.07) is 3.05. The highest BCUT2D eigenvalue weighted by Gasteiger charge is 2.56. The van der Waals surface area contributed by atoms with Gasteiger partial charge < -0.3 is 16.2 Å². The fourth-order valence-corrected chi connectivity index (χ4v) is 5.53.